The van der Waals surface area contributed by atoms with E-state index in [-0.39, 0.29) is 38.0 Å². The molecule has 1 fully saturated rings. The van der Waals surface area contributed by atoms with E-state index in [0.29, 0.717) is 19.6 Å². The van der Waals surface area contributed by atoms with Crippen LogP contribution in [0.2, 0.25) is 0 Å². The summed E-state index contributed by atoms with van der Waals surface area (Å²) in [5.74, 6) is -0.704. The van der Waals surface area contributed by atoms with Gasteiger partial charge in [-0.3, -0.25) is 14.5 Å². The molecule has 0 saturated carbocycles. The summed E-state index contributed by atoms with van der Waals surface area (Å²) < 4.78 is 48.8. The molecule has 0 N–H and O–H groups in total. The Bertz CT molecular complexity index is 684. The SMILES string of the molecule is CCOC(=O)CCN1CCN(c2cccc(C(F)(F)F)n2)CC1C(=O)OCC. The molecule has 1 atom stereocenters. The van der Waals surface area contributed by atoms with E-state index in [4.69, 9.17) is 9.47 Å². The van der Waals surface area contributed by atoms with Crippen LogP contribution in [0.4, 0.5) is 19.0 Å². The topological polar surface area (TPSA) is 72.0 Å². The number of ether oxygens (including phenoxy) is 2. The van der Waals surface area contributed by atoms with Crippen LogP contribution in [-0.4, -0.2) is 67.3 Å². The van der Waals surface area contributed by atoms with Crippen molar-refractivity contribution in [2.24, 2.45) is 0 Å². The molecule has 156 valence electrons. The minimum Gasteiger partial charge on any atom is -0.466 e. The van der Waals surface area contributed by atoms with Gasteiger partial charge >= 0.3 is 18.1 Å². The van der Waals surface area contributed by atoms with Crippen LogP contribution in [0.1, 0.15) is 26.0 Å². The van der Waals surface area contributed by atoms with Crippen molar-refractivity contribution in [1.29, 1.82) is 0 Å². The van der Waals surface area contributed by atoms with Gasteiger partial charge in [-0.1, -0.05) is 6.07 Å². The van der Waals surface area contributed by atoms with E-state index in [2.05, 4.69) is 4.98 Å². The van der Waals surface area contributed by atoms with Crippen LogP contribution < -0.4 is 4.90 Å². The van der Waals surface area contributed by atoms with Crippen LogP contribution in [0.3, 0.4) is 0 Å². The number of nitrogens with zero attached hydrogens (tertiary/aromatic N) is 3. The van der Waals surface area contributed by atoms with Gasteiger partial charge in [-0.15, -0.1) is 0 Å². The molecule has 1 aliphatic rings. The van der Waals surface area contributed by atoms with Crippen molar-refractivity contribution in [2.75, 3.05) is 44.3 Å². The number of piperazine rings is 1. The van der Waals surface area contributed by atoms with Crippen LogP contribution in [0.5, 0.6) is 0 Å². The summed E-state index contributed by atoms with van der Waals surface area (Å²) in [6, 6.07) is 2.96. The second kappa shape index (κ2) is 9.72. The van der Waals surface area contributed by atoms with Gasteiger partial charge in [0.05, 0.1) is 19.6 Å². The highest BCUT2D eigenvalue weighted by Gasteiger charge is 2.36. The number of halogens is 3. The van der Waals surface area contributed by atoms with Crippen LogP contribution in [0.25, 0.3) is 0 Å². The molecule has 28 heavy (non-hydrogen) atoms. The largest absolute Gasteiger partial charge is 0.466 e. The zero-order chi connectivity index (χ0) is 20.7. The first-order valence-electron chi connectivity index (χ1n) is 9.11. The molecule has 0 spiro atoms. The van der Waals surface area contributed by atoms with E-state index in [0.717, 1.165) is 6.07 Å². The molecular weight excluding hydrogens is 379 g/mol. The van der Waals surface area contributed by atoms with Crippen molar-refractivity contribution in [1.82, 2.24) is 9.88 Å². The number of esters is 2. The summed E-state index contributed by atoms with van der Waals surface area (Å²) in [5, 5.41) is 0. The predicted molar refractivity (Wildman–Crippen MR) is 94.7 cm³/mol. The van der Waals surface area contributed by atoms with Crippen molar-refractivity contribution in [3.8, 4) is 0 Å². The Balaban J connectivity index is 2.13. The summed E-state index contributed by atoms with van der Waals surface area (Å²) in [4.78, 5) is 31.1. The predicted octanol–water partition coefficient (Wildman–Crippen LogP) is 2.11. The summed E-state index contributed by atoms with van der Waals surface area (Å²) in [6.45, 7) is 5.00. The van der Waals surface area contributed by atoms with Gasteiger partial charge in [0.2, 0.25) is 0 Å². The van der Waals surface area contributed by atoms with Crippen LogP contribution in [-0.2, 0) is 25.2 Å². The molecule has 0 aliphatic carbocycles. The first kappa shape index (κ1) is 21.9. The van der Waals surface area contributed by atoms with E-state index >= 15 is 0 Å². The minimum absolute atomic E-state index is 0.117. The molecule has 1 saturated heterocycles. The number of carbonyl (C=O) groups excluding carboxylic acids is 2. The second-order valence-corrected chi connectivity index (χ2v) is 6.18. The van der Waals surface area contributed by atoms with Crippen molar-refractivity contribution in [3.05, 3.63) is 23.9 Å². The Morgan fingerprint density at radius 3 is 2.54 bits per heavy atom. The third-order valence-corrected chi connectivity index (χ3v) is 4.31. The van der Waals surface area contributed by atoms with Crippen molar-refractivity contribution >= 4 is 17.8 Å². The molecule has 2 heterocycles. The third-order valence-electron chi connectivity index (χ3n) is 4.31. The van der Waals surface area contributed by atoms with Gasteiger partial charge in [0.1, 0.15) is 17.6 Å². The van der Waals surface area contributed by atoms with Gasteiger partial charge in [-0.25, -0.2) is 4.98 Å². The van der Waals surface area contributed by atoms with Gasteiger partial charge in [-0.2, -0.15) is 13.2 Å². The number of rotatable bonds is 7. The van der Waals surface area contributed by atoms with E-state index in [1.165, 1.54) is 12.1 Å². The molecule has 7 nitrogen and oxygen atoms in total. The molecular formula is C18H24F3N3O4. The fourth-order valence-corrected chi connectivity index (χ4v) is 2.98. The first-order valence-corrected chi connectivity index (χ1v) is 9.11. The lowest BCUT2D eigenvalue weighted by molar-refractivity contribution is -0.151. The maximum absolute atomic E-state index is 12.9. The van der Waals surface area contributed by atoms with Gasteiger partial charge in [0.15, 0.2) is 0 Å². The molecule has 0 amide bonds. The van der Waals surface area contributed by atoms with Crippen LogP contribution >= 0.6 is 0 Å². The maximum atomic E-state index is 12.9. The fourth-order valence-electron chi connectivity index (χ4n) is 2.98. The zero-order valence-corrected chi connectivity index (χ0v) is 15.9. The number of pyridine rings is 1. The van der Waals surface area contributed by atoms with Crippen LogP contribution in [0.15, 0.2) is 18.2 Å². The summed E-state index contributed by atoms with van der Waals surface area (Å²) in [7, 11) is 0. The lowest BCUT2D eigenvalue weighted by atomic mass is 10.1. The Morgan fingerprint density at radius 1 is 1.18 bits per heavy atom. The molecule has 1 aromatic rings. The van der Waals surface area contributed by atoms with Crippen LogP contribution in [0, 0.1) is 0 Å². The van der Waals surface area contributed by atoms with E-state index < -0.39 is 23.9 Å². The second-order valence-electron chi connectivity index (χ2n) is 6.18. The average Bonchev–Trinajstić information content (AvgIpc) is 2.66. The highest BCUT2D eigenvalue weighted by Crippen LogP contribution is 2.29. The normalized spacial score (nSPS) is 18.0. The quantitative estimate of drug-likeness (QED) is 0.646. The van der Waals surface area contributed by atoms with Crippen molar-refractivity contribution < 1.29 is 32.2 Å². The Labute approximate surface area is 161 Å². The molecule has 1 aromatic heterocycles. The zero-order valence-electron chi connectivity index (χ0n) is 15.9. The van der Waals surface area contributed by atoms with E-state index in [9.17, 15) is 22.8 Å². The molecule has 10 heteroatoms. The minimum atomic E-state index is -4.54. The number of alkyl halides is 3. The van der Waals surface area contributed by atoms with Crippen molar-refractivity contribution in [2.45, 2.75) is 32.5 Å². The smallest absolute Gasteiger partial charge is 0.433 e. The Hall–Kier alpha value is -2.36. The molecule has 1 aliphatic heterocycles. The lowest BCUT2D eigenvalue weighted by Gasteiger charge is -2.40. The number of hydrogen-bond acceptors (Lipinski definition) is 7. The van der Waals surface area contributed by atoms with Crippen molar-refractivity contribution in [3.63, 3.8) is 0 Å². The monoisotopic (exact) mass is 403 g/mol. The standard InChI is InChI=1S/C18H24F3N3O4/c1-3-27-16(25)8-9-23-10-11-24(12-13(23)17(26)28-4-2)15-7-5-6-14(22-15)18(19,20)21/h5-7,13H,3-4,8-12H2,1-2H3. The van der Waals surface area contributed by atoms with Gasteiger partial charge in [0.25, 0.3) is 0 Å². The van der Waals surface area contributed by atoms with Gasteiger partial charge in [-0.05, 0) is 26.0 Å². The lowest BCUT2D eigenvalue weighted by Crippen LogP contribution is -2.57. The molecule has 0 aromatic carbocycles. The highest BCUT2D eigenvalue weighted by atomic mass is 19.4. The number of aromatic nitrogens is 1. The molecule has 1 unspecified atom stereocenters. The van der Waals surface area contributed by atoms with Gasteiger partial charge < -0.3 is 14.4 Å². The fraction of sp³-hybridized carbons (Fsp3) is 0.611. The van der Waals surface area contributed by atoms with E-state index in [1.54, 1.807) is 23.6 Å². The Morgan fingerprint density at radius 2 is 1.89 bits per heavy atom. The summed E-state index contributed by atoms with van der Waals surface area (Å²) in [5.41, 5.74) is -0.984. The summed E-state index contributed by atoms with van der Waals surface area (Å²) >= 11 is 0. The van der Waals surface area contributed by atoms with E-state index in [1.807, 2.05) is 0 Å². The number of anilines is 1. The number of carbonyl (C=O) groups is 2. The Kier molecular flexibility index (Phi) is 7.61. The number of hydrogen-bond donors (Lipinski definition) is 0. The molecule has 2 rings (SSSR count). The molecule has 0 bridgehead atoms. The summed E-state index contributed by atoms with van der Waals surface area (Å²) in [6.07, 6.45) is -4.43. The third kappa shape index (κ3) is 5.82. The molecule has 0 radical (unpaired) electrons. The first-order chi connectivity index (χ1) is 13.3. The van der Waals surface area contributed by atoms with Gasteiger partial charge in [0, 0.05) is 26.2 Å². The maximum Gasteiger partial charge on any atom is 0.433 e. The highest BCUT2D eigenvalue weighted by molar-refractivity contribution is 5.77. The average molecular weight is 403 g/mol.